The smallest absolute Gasteiger partial charge is 0.337 e. The van der Waals surface area contributed by atoms with Crippen LogP contribution >= 0.6 is 0 Å². The second-order valence-corrected chi connectivity index (χ2v) is 6.66. The van der Waals surface area contributed by atoms with Gasteiger partial charge in [-0.2, -0.15) is 0 Å². The van der Waals surface area contributed by atoms with Crippen LogP contribution in [0.4, 0.5) is 0 Å². The first-order chi connectivity index (χ1) is 12.1. The van der Waals surface area contributed by atoms with Crippen LogP contribution in [-0.2, 0) is 0 Å². The van der Waals surface area contributed by atoms with E-state index in [1.807, 2.05) is 0 Å². The van der Waals surface area contributed by atoms with Crippen molar-refractivity contribution in [1.29, 1.82) is 0 Å². The van der Waals surface area contributed by atoms with Crippen LogP contribution in [0.3, 0.4) is 0 Å². The number of piperidine rings is 1. The van der Waals surface area contributed by atoms with E-state index in [0.717, 1.165) is 18.7 Å². The number of carbonyl (C=O) groups is 2. The van der Waals surface area contributed by atoms with Gasteiger partial charge in [0.25, 0.3) is 5.91 Å². The molecule has 8 heteroatoms. The lowest BCUT2D eigenvalue weighted by Gasteiger charge is -2.32. The van der Waals surface area contributed by atoms with Crippen LogP contribution in [0.5, 0.6) is 0 Å². The lowest BCUT2D eigenvalue weighted by molar-refractivity contribution is 0.0681. The van der Waals surface area contributed by atoms with Gasteiger partial charge in [-0.3, -0.25) is 9.78 Å². The summed E-state index contributed by atoms with van der Waals surface area (Å²) < 4.78 is 2.15. The zero-order chi connectivity index (χ0) is 17.4. The number of hydrogen-bond acceptors (Lipinski definition) is 5. The third-order valence-electron chi connectivity index (χ3n) is 4.84. The maximum absolute atomic E-state index is 12.7. The van der Waals surface area contributed by atoms with E-state index in [1.54, 1.807) is 11.2 Å². The number of nitrogens with zero attached hydrogens (tertiary/aromatic N) is 5. The predicted octanol–water partition coefficient (Wildman–Crippen LogP) is 1.73. The molecule has 0 aromatic carbocycles. The summed E-state index contributed by atoms with van der Waals surface area (Å²) in [6, 6.07) is 3.40. The Morgan fingerprint density at radius 3 is 2.72 bits per heavy atom. The Balaban J connectivity index is 1.49. The van der Waals surface area contributed by atoms with Gasteiger partial charge in [-0.15, -0.1) is 10.2 Å². The van der Waals surface area contributed by atoms with E-state index in [0.29, 0.717) is 19.1 Å². The topological polar surface area (TPSA) is 101 Å². The lowest BCUT2D eigenvalue weighted by atomic mass is 9.96. The molecule has 0 spiro atoms. The van der Waals surface area contributed by atoms with Gasteiger partial charge >= 0.3 is 5.97 Å². The molecule has 4 rings (SSSR count). The minimum absolute atomic E-state index is 0.0746. The summed E-state index contributed by atoms with van der Waals surface area (Å²) in [5.74, 6) is -0.0728. The fourth-order valence-corrected chi connectivity index (χ4v) is 3.36. The van der Waals surface area contributed by atoms with Crippen molar-refractivity contribution >= 4 is 11.9 Å². The predicted molar refractivity (Wildman–Crippen MR) is 87.4 cm³/mol. The molecule has 2 aliphatic rings. The minimum Gasteiger partial charge on any atom is -0.478 e. The van der Waals surface area contributed by atoms with Crippen molar-refractivity contribution in [3.05, 3.63) is 41.7 Å². The van der Waals surface area contributed by atoms with E-state index in [9.17, 15) is 9.59 Å². The molecule has 1 aliphatic carbocycles. The highest BCUT2D eigenvalue weighted by Crippen LogP contribution is 2.38. The van der Waals surface area contributed by atoms with Crippen LogP contribution in [0.25, 0.3) is 0 Å². The van der Waals surface area contributed by atoms with Gasteiger partial charge in [0.05, 0.1) is 5.56 Å². The van der Waals surface area contributed by atoms with E-state index < -0.39 is 5.97 Å². The van der Waals surface area contributed by atoms with Gasteiger partial charge in [-0.25, -0.2) is 4.79 Å². The van der Waals surface area contributed by atoms with Gasteiger partial charge in [-0.05, 0) is 37.8 Å². The van der Waals surface area contributed by atoms with Crippen molar-refractivity contribution < 1.29 is 14.7 Å². The molecular weight excluding hydrogens is 322 g/mol. The first-order valence-electron chi connectivity index (χ1n) is 8.51. The van der Waals surface area contributed by atoms with E-state index in [2.05, 4.69) is 19.7 Å². The van der Waals surface area contributed by atoms with Crippen molar-refractivity contribution in [1.82, 2.24) is 24.6 Å². The molecule has 1 atom stereocenters. The van der Waals surface area contributed by atoms with Gasteiger partial charge in [0.2, 0.25) is 0 Å². The molecule has 2 aromatic heterocycles. The number of hydrogen-bond donors (Lipinski definition) is 1. The molecule has 1 unspecified atom stereocenters. The third-order valence-corrected chi connectivity index (χ3v) is 4.84. The van der Waals surface area contributed by atoms with E-state index in [-0.39, 0.29) is 23.1 Å². The summed E-state index contributed by atoms with van der Waals surface area (Å²) in [7, 11) is 0. The molecule has 2 fully saturated rings. The number of aromatic carboxylic acids is 1. The first kappa shape index (κ1) is 15.7. The molecule has 1 amide bonds. The van der Waals surface area contributed by atoms with E-state index >= 15 is 0 Å². The highest BCUT2D eigenvalue weighted by Gasteiger charge is 2.33. The largest absolute Gasteiger partial charge is 0.478 e. The summed E-state index contributed by atoms with van der Waals surface area (Å²) in [6.45, 7) is 1.27. The molecule has 1 saturated carbocycles. The molecule has 0 bridgehead atoms. The number of pyridine rings is 1. The summed E-state index contributed by atoms with van der Waals surface area (Å²) in [4.78, 5) is 29.4. The second-order valence-electron chi connectivity index (χ2n) is 6.66. The van der Waals surface area contributed by atoms with Gasteiger partial charge in [0, 0.05) is 31.2 Å². The zero-order valence-corrected chi connectivity index (χ0v) is 13.7. The highest BCUT2D eigenvalue weighted by molar-refractivity contribution is 5.93. The third kappa shape index (κ3) is 3.11. The lowest BCUT2D eigenvalue weighted by Crippen LogP contribution is -2.40. The van der Waals surface area contributed by atoms with Crippen molar-refractivity contribution in [3.8, 4) is 0 Å². The van der Waals surface area contributed by atoms with Crippen LogP contribution in [-0.4, -0.2) is 54.7 Å². The summed E-state index contributed by atoms with van der Waals surface area (Å²) >= 11 is 0. The molecular formula is C17H19N5O3. The van der Waals surface area contributed by atoms with Crippen molar-refractivity contribution in [2.75, 3.05) is 13.1 Å². The number of amides is 1. The molecule has 1 saturated heterocycles. The highest BCUT2D eigenvalue weighted by atomic mass is 16.4. The molecule has 3 heterocycles. The van der Waals surface area contributed by atoms with Crippen LogP contribution in [0.2, 0.25) is 0 Å². The van der Waals surface area contributed by atoms with Crippen molar-refractivity contribution in [2.45, 2.75) is 37.6 Å². The fraction of sp³-hybridized carbons (Fsp3) is 0.471. The molecule has 8 nitrogen and oxygen atoms in total. The molecule has 2 aromatic rings. The summed E-state index contributed by atoms with van der Waals surface area (Å²) in [6.07, 6.45) is 7.24. The SMILES string of the molecule is O=C(O)c1ccc(C(=O)N2CCCC(c3nncn3C3CC3)C2)nc1. The number of aromatic nitrogens is 4. The minimum atomic E-state index is -1.05. The van der Waals surface area contributed by atoms with Crippen LogP contribution in [0, 0.1) is 0 Å². The fourth-order valence-electron chi connectivity index (χ4n) is 3.36. The Morgan fingerprint density at radius 1 is 1.20 bits per heavy atom. The molecule has 130 valence electrons. The molecule has 1 aliphatic heterocycles. The van der Waals surface area contributed by atoms with Crippen molar-refractivity contribution in [3.63, 3.8) is 0 Å². The van der Waals surface area contributed by atoms with Crippen molar-refractivity contribution in [2.24, 2.45) is 0 Å². The van der Waals surface area contributed by atoms with E-state index in [1.165, 1.54) is 31.2 Å². The van der Waals surface area contributed by atoms with Gasteiger partial charge in [-0.1, -0.05) is 0 Å². The average Bonchev–Trinajstić information content (AvgIpc) is 3.37. The van der Waals surface area contributed by atoms with Crippen LogP contribution in [0.15, 0.2) is 24.7 Å². The Labute approximate surface area is 144 Å². The quantitative estimate of drug-likeness (QED) is 0.909. The van der Waals surface area contributed by atoms with Gasteiger partial charge in [0.1, 0.15) is 17.8 Å². The maximum atomic E-state index is 12.7. The van der Waals surface area contributed by atoms with E-state index in [4.69, 9.17) is 5.11 Å². The molecule has 1 N–H and O–H groups in total. The number of carbonyl (C=O) groups excluding carboxylic acids is 1. The standard InChI is InChI=1S/C17H19N5O3/c23-16(14-6-3-11(8-18-14)17(24)25)21-7-1-2-12(9-21)15-20-19-10-22(15)13-4-5-13/h3,6,8,10,12-13H,1-2,4-5,7,9H2,(H,24,25). The number of carboxylic acids is 1. The molecule has 25 heavy (non-hydrogen) atoms. The Bertz CT molecular complexity index is 797. The monoisotopic (exact) mass is 341 g/mol. The summed E-state index contributed by atoms with van der Waals surface area (Å²) in [5.41, 5.74) is 0.347. The number of likely N-dealkylation sites (tertiary alicyclic amines) is 1. The maximum Gasteiger partial charge on any atom is 0.337 e. The Kier molecular flexibility index (Phi) is 3.95. The first-order valence-corrected chi connectivity index (χ1v) is 8.51. The van der Waals surface area contributed by atoms with Crippen LogP contribution < -0.4 is 0 Å². The zero-order valence-electron chi connectivity index (χ0n) is 13.7. The van der Waals surface area contributed by atoms with Gasteiger partial charge < -0.3 is 14.6 Å². The molecule has 0 radical (unpaired) electrons. The second kappa shape index (κ2) is 6.27. The normalized spacial score (nSPS) is 20.5. The Hall–Kier alpha value is -2.77. The van der Waals surface area contributed by atoms with Gasteiger partial charge in [0.15, 0.2) is 0 Å². The number of rotatable bonds is 4. The van der Waals surface area contributed by atoms with Crippen LogP contribution in [0.1, 0.15) is 64.3 Å². The summed E-state index contributed by atoms with van der Waals surface area (Å²) in [5, 5.41) is 17.3. The average molecular weight is 341 g/mol. The Morgan fingerprint density at radius 2 is 2.04 bits per heavy atom. The number of carboxylic acid groups (broad SMARTS) is 1.